The molecule has 0 amide bonds. The predicted molar refractivity (Wildman–Crippen MR) is 66.1 cm³/mol. The van der Waals surface area contributed by atoms with Gasteiger partial charge in [0.05, 0.1) is 6.54 Å². The zero-order valence-electron chi connectivity index (χ0n) is 10.3. The molecule has 0 unspecified atom stereocenters. The Morgan fingerprint density at radius 1 is 1.11 bits per heavy atom. The molecule has 0 saturated heterocycles. The van der Waals surface area contributed by atoms with Crippen molar-refractivity contribution in [3.8, 4) is 0 Å². The Balaban J connectivity index is 2.49. The molecule has 1 heterocycles. The van der Waals surface area contributed by atoms with E-state index in [9.17, 15) is 18.4 Å². The summed E-state index contributed by atoms with van der Waals surface area (Å²) in [5, 5.41) is 0. The van der Waals surface area contributed by atoms with E-state index in [2.05, 4.69) is 0 Å². The van der Waals surface area contributed by atoms with Gasteiger partial charge in [-0.05, 0) is 24.6 Å². The largest absolute Gasteiger partial charge is 0.331 e. The summed E-state index contributed by atoms with van der Waals surface area (Å²) in [5.74, 6) is -1.48. The van der Waals surface area contributed by atoms with Crippen LogP contribution in [0.3, 0.4) is 0 Å². The van der Waals surface area contributed by atoms with Crippen LogP contribution in [0.2, 0.25) is 0 Å². The summed E-state index contributed by atoms with van der Waals surface area (Å²) in [6.07, 6.45) is 1.40. The van der Waals surface area contributed by atoms with Crippen LogP contribution in [0, 0.1) is 11.6 Å². The van der Waals surface area contributed by atoms with E-state index in [1.165, 1.54) is 16.8 Å². The third kappa shape index (κ3) is 2.78. The number of hydrogen-bond acceptors (Lipinski definition) is 2. The fourth-order valence-electron chi connectivity index (χ4n) is 1.83. The summed E-state index contributed by atoms with van der Waals surface area (Å²) in [4.78, 5) is 23.6. The average molecular weight is 266 g/mol. The minimum absolute atomic E-state index is 0.160. The molecule has 6 heteroatoms. The maximum atomic E-state index is 13.1. The number of hydrogen-bond donors (Lipinski definition) is 0. The highest BCUT2D eigenvalue weighted by atomic mass is 19.1. The van der Waals surface area contributed by atoms with Crippen LogP contribution in [0.5, 0.6) is 0 Å². The lowest BCUT2D eigenvalue weighted by Gasteiger charge is -2.08. The molecule has 0 fully saturated rings. The first kappa shape index (κ1) is 13.2. The number of benzene rings is 1. The van der Waals surface area contributed by atoms with Gasteiger partial charge in [0, 0.05) is 24.9 Å². The SMILES string of the molecule is CCn1ccc(=O)n(Cc2cc(F)cc(F)c2)c1=O. The second-order valence-corrected chi connectivity index (χ2v) is 4.09. The number of rotatable bonds is 3. The van der Waals surface area contributed by atoms with Crippen LogP contribution >= 0.6 is 0 Å². The summed E-state index contributed by atoms with van der Waals surface area (Å²) in [7, 11) is 0. The molecule has 0 aliphatic heterocycles. The van der Waals surface area contributed by atoms with Crippen LogP contribution in [-0.2, 0) is 13.1 Å². The van der Waals surface area contributed by atoms with Crippen molar-refractivity contribution in [3.05, 3.63) is 68.5 Å². The van der Waals surface area contributed by atoms with Gasteiger partial charge in [-0.1, -0.05) is 0 Å². The van der Waals surface area contributed by atoms with Crippen molar-refractivity contribution in [1.29, 1.82) is 0 Å². The zero-order valence-corrected chi connectivity index (χ0v) is 10.3. The van der Waals surface area contributed by atoms with Crippen LogP contribution in [0.1, 0.15) is 12.5 Å². The summed E-state index contributed by atoms with van der Waals surface area (Å²) in [5.41, 5.74) is -0.774. The van der Waals surface area contributed by atoms with E-state index >= 15 is 0 Å². The van der Waals surface area contributed by atoms with Crippen LogP contribution in [0.4, 0.5) is 8.78 Å². The van der Waals surface area contributed by atoms with Crippen molar-refractivity contribution in [2.24, 2.45) is 0 Å². The van der Waals surface area contributed by atoms with Crippen molar-refractivity contribution < 1.29 is 8.78 Å². The molecule has 0 aliphatic rings. The quantitative estimate of drug-likeness (QED) is 0.842. The minimum Gasteiger partial charge on any atom is -0.301 e. The Kier molecular flexibility index (Phi) is 3.59. The Hall–Kier alpha value is -2.24. The zero-order chi connectivity index (χ0) is 14.0. The molecule has 0 aliphatic carbocycles. The van der Waals surface area contributed by atoms with Gasteiger partial charge in [-0.3, -0.25) is 9.36 Å². The Morgan fingerprint density at radius 3 is 2.32 bits per heavy atom. The van der Waals surface area contributed by atoms with Crippen molar-refractivity contribution in [1.82, 2.24) is 9.13 Å². The van der Waals surface area contributed by atoms with Gasteiger partial charge in [-0.25, -0.2) is 13.6 Å². The Morgan fingerprint density at radius 2 is 1.74 bits per heavy atom. The highest BCUT2D eigenvalue weighted by Crippen LogP contribution is 2.08. The first-order valence-corrected chi connectivity index (χ1v) is 5.76. The summed E-state index contributed by atoms with van der Waals surface area (Å²) in [6, 6.07) is 4.18. The van der Waals surface area contributed by atoms with Crippen molar-refractivity contribution >= 4 is 0 Å². The van der Waals surface area contributed by atoms with Crippen LogP contribution in [0.15, 0.2) is 40.1 Å². The van der Waals surface area contributed by atoms with Gasteiger partial charge in [0.15, 0.2) is 0 Å². The van der Waals surface area contributed by atoms with E-state index in [0.29, 0.717) is 6.54 Å². The number of aryl methyl sites for hydroxylation is 1. The molecule has 0 spiro atoms. The van der Waals surface area contributed by atoms with Crippen molar-refractivity contribution in [3.63, 3.8) is 0 Å². The van der Waals surface area contributed by atoms with Crippen LogP contribution in [0.25, 0.3) is 0 Å². The van der Waals surface area contributed by atoms with E-state index in [1.807, 2.05) is 0 Å². The standard InChI is InChI=1S/C13H12F2N2O2/c1-2-16-4-3-12(18)17(13(16)19)8-9-5-10(14)7-11(15)6-9/h3-7H,2,8H2,1H3. The molecule has 2 rings (SSSR count). The highest BCUT2D eigenvalue weighted by molar-refractivity contribution is 5.18. The smallest absolute Gasteiger partial charge is 0.301 e. The lowest BCUT2D eigenvalue weighted by atomic mass is 10.2. The molecule has 0 bridgehead atoms. The van der Waals surface area contributed by atoms with E-state index in [0.717, 1.165) is 22.8 Å². The summed E-state index contributed by atoms with van der Waals surface area (Å²) >= 11 is 0. The molecule has 19 heavy (non-hydrogen) atoms. The van der Waals surface area contributed by atoms with E-state index < -0.39 is 22.9 Å². The molecular weight excluding hydrogens is 254 g/mol. The molecule has 0 radical (unpaired) electrons. The topological polar surface area (TPSA) is 44.0 Å². The van der Waals surface area contributed by atoms with Gasteiger partial charge in [-0.15, -0.1) is 0 Å². The molecule has 0 N–H and O–H groups in total. The first-order valence-electron chi connectivity index (χ1n) is 5.76. The number of nitrogens with zero attached hydrogens (tertiary/aromatic N) is 2. The second-order valence-electron chi connectivity index (χ2n) is 4.09. The molecule has 1 aromatic carbocycles. The normalized spacial score (nSPS) is 10.7. The van der Waals surface area contributed by atoms with Gasteiger partial charge >= 0.3 is 5.69 Å². The van der Waals surface area contributed by atoms with Gasteiger partial charge in [0.25, 0.3) is 5.56 Å². The van der Waals surface area contributed by atoms with E-state index in [4.69, 9.17) is 0 Å². The maximum Gasteiger partial charge on any atom is 0.331 e. The Labute approximate surface area is 107 Å². The first-order chi connectivity index (χ1) is 9.01. The summed E-state index contributed by atoms with van der Waals surface area (Å²) in [6.45, 7) is 2.02. The fourth-order valence-corrected chi connectivity index (χ4v) is 1.83. The lowest BCUT2D eigenvalue weighted by Crippen LogP contribution is -2.39. The molecular formula is C13H12F2N2O2. The lowest BCUT2D eigenvalue weighted by molar-refractivity contribution is 0.568. The maximum absolute atomic E-state index is 13.1. The Bertz CT molecular complexity index is 699. The molecule has 4 nitrogen and oxygen atoms in total. The van der Waals surface area contributed by atoms with Gasteiger partial charge in [0.1, 0.15) is 11.6 Å². The minimum atomic E-state index is -0.741. The molecule has 2 aromatic rings. The number of aromatic nitrogens is 2. The molecule has 0 atom stereocenters. The highest BCUT2D eigenvalue weighted by Gasteiger charge is 2.07. The van der Waals surface area contributed by atoms with Gasteiger partial charge in [-0.2, -0.15) is 0 Å². The number of halogens is 2. The van der Waals surface area contributed by atoms with Crippen LogP contribution in [-0.4, -0.2) is 9.13 Å². The average Bonchev–Trinajstić information content (AvgIpc) is 2.33. The molecule has 1 aromatic heterocycles. The van der Waals surface area contributed by atoms with E-state index in [-0.39, 0.29) is 12.1 Å². The summed E-state index contributed by atoms with van der Waals surface area (Å²) < 4.78 is 28.4. The van der Waals surface area contributed by atoms with Crippen molar-refractivity contribution in [2.75, 3.05) is 0 Å². The van der Waals surface area contributed by atoms with Gasteiger partial charge < -0.3 is 4.57 Å². The monoisotopic (exact) mass is 266 g/mol. The van der Waals surface area contributed by atoms with E-state index in [1.54, 1.807) is 6.92 Å². The fraction of sp³-hybridized carbons (Fsp3) is 0.231. The third-order valence-corrected chi connectivity index (χ3v) is 2.74. The molecule has 0 saturated carbocycles. The van der Waals surface area contributed by atoms with Gasteiger partial charge in [0.2, 0.25) is 0 Å². The van der Waals surface area contributed by atoms with Crippen LogP contribution < -0.4 is 11.2 Å². The van der Waals surface area contributed by atoms with Crippen molar-refractivity contribution in [2.45, 2.75) is 20.0 Å². The predicted octanol–water partition coefficient (Wildman–Crippen LogP) is 1.36. The molecule has 100 valence electrons. The third-order valence-electron chi connectivity index (χ3n) is 2.74. The second kappa shape index (κ2) is 5.17.